The predicted molar refractivity (Wildman–Crippen MR) is 97.2 cm³/mol. The molecule has 3 heteroatoms. The Morgan fingerprint density at radius 1 is 0.920 bits per heavy atom. The number of halogens is 2. The summed E-state index contributed by atoms with van der Waals surface area (Å²) in [7, 11) is 2.22. The zero-order chi connectivity index (χ0) is 17.4. The smallest absolute Gasteiger partial charge is 0.123 e. The van der Waals surface area contributed by atoms with Gasteiger partial charge in [0, 0.05) is 12.1 Å². The van der Waals surface area contributed by atoms with Gasteiger partial charge in [-0.1, -0.05) is 30.3 Å². The van der Waals surface area contributed by atoms with E-state index in [9.17, 15) is 8.78 Å². The number of rotatable bonds is 3. The van der Waals surface area contributed by atoms with E-state index >= 15 is 0 Å². The molecule has 4 rings (SSSR count). The Morgan fingerprint density at radius 2 is 1.44 bits per heavy atom. The summed E-state index contributed by atoms with van der Waals surface area (Å²) in [6.07, 6.45) is 7.03. The summed E-state index contributed by atoms with van der Waals surface area (Å²) in [6.45, 7) is 0. The van der Waals surface area contributed by atoms with Crippen molar-refractivity contribution in [2.24, 2.45) is 5.92 Å². The highest BCUT2D eigenvalue weighted by molar-refractivity contribution is 5.80. The molecule has 3 atom stereocenters. The van der Waals surface area contributed by atoms with Crippen molar-refractivity contribution in [3.63, 3.8) is 0 Å². The number of nitrogens with zero attached hydrogens (tertiary/aromatic N) is 1. The lowest BCUT2D eigenvalue weighted by Gasteiger charge is -2.35. The molecule has 0 aliphatic carbocycles. The first-order chi connectivity index (χ1) is 12.1. The van der Waals surface area contributed by atoms with Crippen molar-refractivity contribution in [3.05, 3.63) is 77.4 Å². The second-order valence-electron chi connectivity index (χ2n) is 7.38. The van der Waals surface area contributed by atoms with E-state index in [0.717, 1.165) is 29.5 Å². The molecule has 0 N–H and O–H groups in total. The Hall–Kier alpha value is -2.00. The molecule has 130 valence electrons. The number of hydrogen-bond acceptors (Lipinski definition) is 1. The Balaban J connectivity index is 1.73. The van der Waals surface area contributed by atoms with Gasteiger partial charge in [-0.25, -0.2) is 8.78 Å². The third-order valence-electron chi connectivity index (χ3n) is 5.81. The largest absolute Gasteiger partial charge is 0.300 e. The first-order valence-corrected chi connectivity index (χ1v) is 9.06. The quantitative estimate of drug-likeness (QED) is 0.736. The van der Waals surface area contributed by atoms with Gasteiger partial charge in [0.25, 0.3) is 0 Å². The number of allylic oxidation sites excluding steroid dienone is 1. The van der Waals surface area contributed by atoms with Crippen LogP contribution in [-0.2, 0) is 0 Å². The van der Waals surface area contributed by atoms with Gasteiger partial charge in [0.1, 0.15) is 11.6 Å². The lowest BCUT2D eigenvalue weighted by atomic mass is 9.86. The molecule has 0 saturated carbocycles. The third kappa shape index (κ3) is 3.38. The highest BCUT2D eigenvalue weighted by atomic mass is 19.1. The van der Waals surface area contributed by atoms with E-state index in [0.29, 0.717) is 18.0 Å². The van der Waals surface area contributed by atoms with E-state index in [1.165, 1.54) is 25.0 Å². The van der Waals surface area contributed by atoms with E-state index in [2.05, 4.69) is 18.0 Å². The van der Waals surface area contributed by atoms with Gasteiger partial charge in [-0.2, -0.15) is 0 Å². The van der Waals surface area contributed by atoms with Gasteiger partial charge in [0.2, 0.25) is 0 Å². The zero-order valence-corrected chi connectivity index (χ0v) is 14.5. The highest BCUT2D eigenvalue weighted by Crippen LogP contribution is 2.39. The summed E-state index contributed by atoms with van der Waals surface area (Å²) in [6, 6.07) is 14.5. The van der Waals surface area contributed by atoms with E-state index in [4.69, 9.17) is 0 Å². The molecule has 25 heavy (non-hydrogen) atoms. The molecule has 0 radical (unpaired) electrons. The van der Waals surface area contributed by atoms with Crippen molar-refractivity contribution in [2.75, 3.05) is 7.05 Å². The fraction of sp³-hybridized carbons (Fsp3) is 0.364. The topological polar surface area (TPSA) is 3.24 Å². The van der Waals surface area contributed by atoms with E-state index < -0.39 is 0 Å². The number of piperidine rings is 1. The van der Waals surface area contributed by atoms with Gasteiger partial charge in [-0.05, 0) is 79.6 Å². The van der Waals surface area contributed by atoms with Crippen LogP contribution in [0.2, 0.25) is 0 Å². The minimum atomic E-state index is -0.261. The first-order valence-electron chi connectivity index (χ1n) is 9.06. The van der Waals surface area contributed by atoms with Crippen LogP contribution in [0.15, 0.2) is 54.6 Å². The van der Waals surface area contributed by atoms with Crippen molar-refractivity contribution in [3.8, 4) is 0 Å². The average Bonchev–Trinajstić information content (AvgIpc) is 2.81. The minimum absolute atomic E-state index is 0.261. The first kappa shape index (κ1) is 16.5. The van der Waals surface area contributed by atoms with Crippen molar-refractivity contribution in [1.29, 1.82) is 0 Å². The Bertz CT molecular complexity index is 737. The minimum Gasteiger partial charge on any atom is -0.300 e. The molecule has 2 fully saturated rings. The molecule has 0 unspecified atom stereocenters. The Kier molecular flexibility index (Phi) is 4.43. The summed E-state index contributed by atoms with van der Waals surface area (Å²) in [5.74, 6) is -0.0678. The van der Waals surface area contributed by atoms with Crippen molar-refractivity contribution in [1.82, 2.24) is 4.90 Å². The Labute approximate surface area is 148 Å². The van der Waals surface area contributed by atoms with Gasteiger partial charge in [-0.15, -0.1) is 0 Å². The molecule has 2 aromatic rings. The molecular weight excluding hydrogens is 316 g/mol. The summed E-state index contributed by atoms with van der Waals surface area (Å²) in [5, 5.41) is 0. The normalized spacial score (nSPS) is 25.8. The monoisotopic (exact) mass is 339 g/mol. The summed E-state index contributed by atoms with van der Waals surface area (Å²) in [4.78, 5) is 2.51. The molecule has 2 aromatic carbocycles. The molecule has 2 saturated heterocycles. The van der Waals surface area contributed by atoms with Crippen LogP contribution in [-0.4, -0.2) is 24.0 Å². The average molecular weight is 339 g/mol. The van der Waals surface area contributed by atoms with Gasteiger partial charge >= 0.3 is 0 Å². The SMILES string of the molecule is CN1[C@@H]2CC[C@H]1C[C@@H](C=C(c1cccc(F)c1)c1cccc(F)c1)C2. The van der Waals surface area contributed by atoms with Crippen LogP contribution < -0.4 is 0 Å². The number of hydrogen-bond donors (Lipinski definition) is 0. The fourth-order valence-corrected chi connectivity index (χ4v) is 4.50. The van der Waals surface area contributed by atoms with Crippen LogP contribution in [0.4, 0.5) is 8.78 Å². The predicted octanol–water partition coefficient (Wildman–Crippen LogP) is 5.27. The molecule has 2 heterocycles. The molecule has 0 spiro atoms. The van der Waals surface area contributed by atoms with Crippen molar-refractivity contribution < 1.29 is 8.78 Å². The van der Waals surface area contributed by atoms with E-state index in [1.54, 1.807) is 24.3 Å². The van der Waals surface area contributed by atoms with Gasteiger partial charge in [0.15, 0.2) is 0 Å². The van der Waals surface area contributed by atoms with E-state index in [1.807, 2.05) is 12.1 Å². The summed E-state index contributed by atoms with van der Waals surface area (Å²) < 4.78 is 27.6. The third-order valence-corrected chi connectivity index (χ3v) is 5.81. The second kappa shape index (κ2) is 6.72. The van der Waals surface area contributed by atoms with E-state index in [-0.39, 0.29) is 11.6 Å². The molecule has 2 bridgehead atoms. The van der Waals surface area contributed by atoms with Crippen LogP contribution in [0.5, 0.6) is 0 Å². The van der Waals surface area contributed by atoms with Gasteiger partial charge in [0.05, 0.1) is 0 Å². The molecular formula is C22H23F2N. The maximum absolute atomic E-state index is 13.8. The standard InChI is InChI=1S/C22H23F2N/c1-25-20-8-9-21(25)11-15(10-20)12-22(16-4-2-6-18(23)13-16)17-5-3-7-19(24)14-17/h2-7,12-15,20-21H,8-11H2,1H3/t15-,20+,21-. The number of benzene rings is 2. The van der Waals surface area contributed by atoms with Crippen LogP contribution >= 0.6 is 0 Å². The lowest BCUT2D eigenvalue weighted by Crippen LogP contribution is -2.39. The van der Waals surface area contributed by atoms with Gasteiger partial charge < -0.3 is 4.90 Å². The summed E-state index contributed by atoms with van der Waals surface area (Å²) in [5.41, 5.74) is 2.57. The molecule has 2 aliphatic heterocycles. The van der Waals surface area contributed by atoms with Crippen LogP contribution in [0.3, 0.4) is 0 Å². The summed E-state index contributed by atoms with van der Waals surface area (Å²) >= 11 is 0. The molecule has 2 aliphatic rings. The molecule has 0 amide bonds. The highest BCUT2D eigenvalue weighted by Gasteiger charge is 2.37. The maximum Gasteiger partial charge on any atom is 0.123 e. The van der Waals surface area contributed by atoms with Gasteiger partial charge in [-0.3, -0.25) is 0 Å². The van der Waals surface area contributed by atoms with Crippen LogP contribution in [0.1, 0.15) is 36.8 Å². The maximum atomic E-state index is 13.8. The zero-order valence-electron chi connectivity index (χ0n) is 14.5. The number of fused-ring (bicyclic) bond motifs is 2. The Morgan fingerprint density at radius 3 is 1.92 bits per heavy atom. The molecule has 0 aromatic heterocycles. The fourth-order valence-electron chi connectivity index (χ4n) is 4.50. The van der Waals surface area contributed by atoms with Crippen molar-refractivity contribution >= 4 is 5.57 Å². The van der Waals surface area contributed by atoms with Crippen LogP contribution in [0, 0.1) is 17.6 Å². The second-order valence-corrected chi connectivity index (χ2v) is 7.38. The van der Waals surface area contributed by atoms with Crippen molar-refractivity contribution in [2.45, 2.75) is 37.8 Å². The molecule has 1 nitrogen and oxygen atoms in total. The lowest BCUT2D eigenvalue weighted by molar-refractivity contribution is 0.152. The van der Waals surface area contributed by atoms with Crippen LogP contribution in [0.25, 0.3) is 5.57 Å².